The lowest BCUT2D eigenvalue weighted by Gasteiger charge is -2.12. The van der Waals surface area contributed by atoms with Crippen molar-refractivity contribution in [2.24, 2.45) is 0 Å². The summed E-state index contributed by atoms with van der Waals surface area (Å²) in [6.45, 7) is 3.51. The topological polar surface area (TPSA) is 50.2 Å². The summed E-state index contributed by atoms with van der Waals surface area (Å²) < 4.78 is 13.3. The summed E-state index contributed by atoms with van der Waals surface area (Å²) >= 11 is 0. The molecule has 4 heteroatoms. The van der Waals surface area contributed by atoms with E-state index in [1.807, 2.05) is 0 Å². The molecule has 1 aromatic heterocycles. The Kier molecular flexibility index (Phi) is 3.10. The van der Waals surface area contributed by atoms with Crippen molar-refractivity contribution in [1.29, 1.82) is 0 Å². The smallest absolute Gasteiger partial charge is 0.355 e. The van der Waals surface area contributed by atoms with Crippen molar-refractivity contribution in [2.75, 3.05) is 0 Å². The molecular weight excluding hydrogens is 233 g/mol. The van der Waals surface area contributed by atoms with Crippen molar-refractivity contribution in [3.63, 3.8) is 0 Å². The number of aromatic nitrogens is 1. The molecule has 0 amide bonds. The molecule has 3 nitrogen and oxygen atoms in total. The SMILES string of the molecule is Cc1cc(F)cc(C)c1-c1cccnc1C(=O)O. The molecule has 0 spiro atoms. The van der Waals surface area contributed by atoms with Crippen molar-refractivity contribution >= 4 is 5.97 Å². The monoisotopic (exact) mass is 245 g/mol. The van der Waals surface area contributed by atoms with Crippen LogP contribution >= 0.6 is 0 Å². The fraction of sp³-hybridized carbons (Fsp3) is 0.143. The summed E-state index contributed by atoms with van der Waals surface area (Å²) in [5, 5.41) is 9.13. The lowest BCUT2D eigenvalue weighted by atomic mass is 9.94. The zero-order valence-corrected chi connectivity index (χ0v) is 10.1. The summed E-state index contributed by atoms with van der Waals surface area (Å²) in [5.41, 5.74) is 2.61. The van der Waals surface area contributed by atoms with Crippen LogP contribution in [0.4, 0.5) is 4.39 Å². The van der Waals surface area contributed by atoms with Gasteiger partial charge in [0.1, 0.15) is 5.82 Å². The summed E-state index contributed by atoms with van der Waals surface area (Å²) in [6.07, 6.45) is 1.43. The van der Waals surface area contributed by atoms with Gasteiger partial charge in [0.25, 0.3) is 0 Å². The molecule has 2 rings (SSSR count). The van der Waals surface area contributed by atoms with Gasteiger partial charge in [0.15, 0.2) is 5.69 Å². The maximum atomic E-state index is 13.3. The van der Waals surface area contributed by atoms with Gasteiger partial charge in [-0.25, -0.2) is 14.2 Å². The first-order valence-corrected chi connectivity index (χ1v) is 5.46. The van der Waals surface area contributed by atoms with Gasteiger partial charge >= 0.3 is 5.97 Å². The van der Waals surface area contributed by atoms with Crippen LogP contribution < -0.4 is 0 Å². The third-order valence-electron chi connectivity index (χ3n) is 2.78. The average Bonchev–Trinajstić information content (AvgIpc) is 2.28. The van der Waals surface area contributed by atoms with E-state index in [2.05, 4.69) is 4.98 Å². The molecular formula is C14H12FNO2. The molecule has 0 saturated carbocycles. The zero-order valence-electron chi connectivity index (χ0n) is 10.1. The van der Waals surface area contributed by atoms with Crippen LogP contribution in [0.25, 0.3) is 11.1 Å². The van der Waals surface area contributed by atoms with Gasteiger partial charge in [0.05, 0.1) is 0 Å². The molecule has 18 heavy (non-hydrogen) atoms. The number of rotatable bonds is 2. The van der Waals surface area contributed by atoms with Crippen molar-refractivity contribution < 1.29 is 14.3 Å². The minimum atomic E-state index is -1.09. The van der Waals surface area contributed by atoms with E-state index in [-0.39, 0.29) is 11.5 Å². The van der Waals surface area contributed by atoms with E-state index < -0.39 is 5.97 Å². The summed E-state index contributed by atoms with van der Waals surface area (Å²) in [6, 6.07) is 6.13. The third kappa shape index (κ3) is 2.09. The average molecular weight is 245 g/mol. The highest BCUT2D eigenvalue weighted by Gasteiger charge is 2.16. The number of aryl methyl sites for hydroxylation is 2. The second kappa shape index (κ2) is 4.56. The van der Waals surface area contributed by atoms with Crippen LogP contribution in [-0.2, 0) is 0 Å². The van der Waals surface area contributed by atoms with Crippen LogP contribution in [0, 0.1) is 19.7 Å². The molecule has 0 fully saturated rings. The molecule has 0 saturated heterocycles. The fourth-order valence-electron chi connectivity index (χ4n) is 2.11. The van der Waals surface area contributed by atoms with Crippen molar-refractivity contribution in [2.45, 2.75) is 13.8 Å². The zero-order chi connectivity index (χ0) is 13.3. The minimum Gasteiger partial charge on any atom is -0.476 e. The molecule has 0 aliphatic carbocycles. The lowest BCUT2D eigenvalue weighted by Crippen LogP contribution is -2.04. The lowest BCUT2D eigenvalue weighted by molar-refractivity contribution is 0.0691. The predicted octanol–water partition coefficient (Wildman–Crippen LogP) is 3.20. The third-order valence-corrected chi connectivity index (χ3v) is 2.78. The Morgan fingerprint density at radius 3 is 2.44 bits per heavy atom. The number of pyridine rings is 1. The van der Waals surface area contributed by atoms with Gasteiger partial charge in [-0.2, -0.15) is 0 Å². The van der Waals surface area contributed by atoms with Gasteiger partial charge in [-0.3, -0.25) is 0 Å². The number of hydrogen-bond acceptors (Lipinski definition) is 2. The Balaban J connectivity index is 2.74. The fourth-order valence-corrected chi connectivity index (χ4v) is 2.11. The van der Waals surface area contributed by atoms with E-state index in [1.165, 1.54) is 18.3 Å². The van der Waals surface area contributed by atoms with Crippen LogP contribution in [0.2, 0.25) is 0 Å². The molecule has 1 N–H and O–H groups in total. The number of halogens is 1. The van der Waals surface area contributed by atoms with Crippen LogP contribution in [0.3, 0.4) is 0 Å². The number of carboxylic acids is 1. The Hall–Kier alpha value is -2.23. The highest BCUT2D eigenvalue weighted by Crippen LogP contribution is 2.29. The second-order valence-corrected chi connectivity index (χ2v) is 4.12. The number of hydrogen-bond donors (Lipinski definition) is 1. The molecule has 92 valence electrons. The van der Waals surface area contributed by atoms with Gasteiger partial charge in [0.2, 0.25) is 0 Å². The maximum absolute atomic E-state index is 13.3. The predicted molar refractivity (Wildman–Crippen MR) is 66.1 cm³/mol. The van der Waals surface area contributed by atoms with E-state index in [0.717, 1.165) is 5.56 Å². The molecule has 1 aromatic carbocycles. The highest BCUT2D eigenvalue weighted by atomic mass is 19.1. The Morgan fingerprint density at radius 2 is 1.89 bits per heavy atom. The first-order chi connectivity index (χ1) is 8.50. The van der Waals surface area contributed by atoms with Gasteiger partial charge in [0, 0.05) is 11.8 Å². The summed E-state index contributed by atoms with van der Waals surface area (Å²) in [4.78, 5) is 15.0. The minimum absolute atomic E-state index is 0.0182. The molecule has 1 heterocycles. The van der Waals surface area contributed by atoms with Crippen molar-refractivity contribution in [3.8, 4) is 11.1 Å². The standard InChI is InChI=1S/C14H12FNO2/c1-8-6-10(15)7-9(2)12(8)11-4-3-5-16-13(11)14(17)18/h3-7H,1-2H3,(H,17,18). The van der Waals surface area contributed by atoms with E-state index >= 15 is 0 Å². The summed E-state index contributed by atoms with van der Waals surface area (Å²) in [5.74, 6) is -1.41. The molecule has 0 unspecified atom stereocenters. The largest absolute Gasteiger partial charge is 0.476 e. The number of aromatic carboxylic acids is 1. The second-order valence-electron chi connectivity index (χ2n) is 4.12. The molecule has 0 bridgehead atoms. The number of nitrogens with zero attached hydrogens (tertiary/aromatic N) is 1. The van der Waals surface area contributed by atoms with Crippen LogP contribution in [0.5, 0.6) is 0 Å². The molecule has 0 radical (unpaired) electrons. The first-order valence-electron chi connectivity index (χ1n) is 5.46. The molecule has 0 aliphatic heterocycles. The molecule has 0 atom stereocenters. The van der Waals surface area contributed by atoms with Gasteiger partial charge in [-0.05, 0) is 48.7 Å². The summed E-state index contributed by atoms with van der Waals surface area (Å²) in [7, 11) is 0. The highest BCUT2D eigenvalue weighted by molar-refractivity contribution is 5.94. The maximum Gasteiger partial charge on any atom is 0.355 e. The van der Waals surface area contributed by atoms with E-state index in [1.54, 1.807) is 26.0 Å². The van der Waals surface area contributed by atoms with Gasteiger partial charge in [-0.1, -0.05) is 6.07 Å². The van der Waals surface area contributed by atoms with Crippen molar-refractivity contribution in [3.05, 3.63) is 53.1 Å². The van der Waals surface area contributed by atoms with E-state index in [9.17, 15) is 9.18 Å². The Bertz CT molecular complexity index is 600. The quantitative estimate of drug-likeness (QED) is 0.883. The van der Waals surface area contributed by atoms with Gasteiger partial charge in [-0.15, -0.1) is 0 Å². The van der Waals surface area contributed by atoms with Crippen LogP contribution in [0.15, 0.2) is 30.5 Å². The first kappa shape index (κ1) is 12.2. The Labute approximate surface area is 104 Å². The Morgan fingerprint density at radius 1 is 1.28 bits per heavy atom. The van der Waals surface area contributed by atoms with E-state index in [4.69, 9.17) is 5.11 Å². The number of carbonyl (C=O) groups is 1. The molecule has 2 aromatic rings. The van der Waals surface area contributed by atoms with Crippen molar-refractivity contribution in [1.82, 2.24) is 4.98 Å². The van der Waals surface area contributed by atoms with Crippen LogP contribution in [0.1, 0.15) is 21.6 Å². The normalized spacial score (nSPS) is 10.4. The van der Waals surface area contributed by atoms with E-state index in [0.29, 0.717) is 16.7 Å². The van der Waals surface area contributed by atoms with Gasteiger partial charge < -0.3 is 5.11 Å². The molecule has 0 aliphatic rings. The number of benzene rings is 1. The van der Waals surface area contributed by atoms with Crippen LogP contribution in [-0.4, -0.2) is 16.1 Å². The number of carboxylic acid groups (broad SMARTS) is 1.